The Labute approximate surface area is 115 Å². The average Bonchev–Trinajstić information content (AvgIpc) is 3.11. The van der Waals surface area contributed by atoms with Crippen LogP contribution in [0.25, 0.3) is 11.0 Å². The van der Waals surface area contributed by atoms with E-state index in [4.69, 9.17) is 0 Å². The number of rotatable bonds is 5. The number of aryl methyl sites for hydroxylation is 1. The van der Waals surface area contributed by atoms with E-state index >= 15 is 0 Å². The lowest BCUT2D eigenvalue weighted by Gasteiger charge is -2.01. The Bertz CT molecular complexity index is 668. The van der Waals surface area contributed by atoms with Crippen molar-refractivity contribution in [3.63, 3.8) is 0 Å². The molecule has 0 aliphatic heterocycles. The standard InChI is InChI=1S/C14H15N5O/c20-14(17-9-13-15-7-8-16-13)6-5-12-18-10-3-1-2-4-11(10)19-12/h1-4,7-8H,5-6,9H2,(H,15,16)(H,17,20)(H,18,19). The normalized spacial score (nSPS) is 10.8. The fraction of sp³-hybridized carbons (Fsp3) is 0.214. The molecule has 0 unspecified atom stereocenters. The first kappa shape index (κ1) is 12.4. The monoisotopic (exact) mass is 269 g/mol. The number of nitrogens with one attached hydrogen (secondary N) is 3. The molecule has 0 saturated carbocycles. The Balaban J connectivity index is 1.52. The minimum Gasteiger partial charge on any atom is -0.349 e. The lowest BCUT2D eigenvalue weighted by molar-refractivity contribution is -0.121. The average molecular weight is 269 g/mol. The number of aromatic amines is 2. The lowest BCUT2D eigenvalue weighted by Crippen LogP contribution is -2.23. The first-order chi connectivity index (χ1) is 9.81. The van der Waals surface area contributed by atoms with Gasteiger partial charge in [0, 0.05) is 25.2 Å². The number of hydrogen-bond acceptors (Lipinski definition) is 3. The summed E-state index contributed by atoms with van der Waals surface area (Å²) in [6.07, 6.45) is 4.39. The molecule has 1 aromatic carbocycles. The summed E-state index contributed by atoms with van der Waals surface area (Å²) in [6.45, 7) is 0.423. The van der Waals surface area contributed by atoms with Crippen molar-refractivity contribution in [2.45, 2.75) is 19.4 Å². The maximum absolute atomic E-state index is 11.7. The van der Waals surface area contributed by atoms with Crippen molar-refractivity contribution in [2.75, 3.05) is 0 Å². The van der Waals surface area contributed by atoms with E-state index in [2.05, 4.69) is 25.3 Å². The zero-order valence-electron chi connectivity index (χ0n) is 10.9. The van der Waals surface area contributed by atoms with Crippen LogP contribution >= 0.6 is 0 Å². The molecule has 0 atom stereocenters. The van der Waals surface area contributed by atoms with Gasteiger partial charge in [0.1, 0.15) is 11.6 Å². The molecule has 0 radical (unpaired) electrons. The number of H-pyrrole nitrogens is 2. The van der Waals surface area contributed by atoms with Gasteiger partial charge in [0.05, 0.1) is 17.6 Å². The number of amides is 1. The van der Waals surface area contributed by atoms with Gasteiger partial charge in [-0.25, -0.2) is 9.97 Å². The van der Waals surface area contributed by atoms with Gasteiger partial charge in [-0.1, -0.05) is 12.1 Å². The molecule has 0 fully saturated rings. The molecule has 0 spiro atoms. The lowest BCUT2D eigenvalue weighted by atomic mass is 10.3. The van der Waals surface area contributed by atoms with Crippen LogP contribution < -0.4 is 5.32 Å². The van der Waals surface area contributed by atoms with Gasteiger partial charge >= 0.3 is 0 Å². The van der Waals surface area contributed by atoms with Crippen LogP contribution in [0.2, 0.25) is 0 Å². The molecule has 6 nitrogen and oxygen atoms in total. The van der Waals surface area contributed by atoms with E-state index < -0.39 is 0 Å². The second-order valence-corrected chi connectivity index (χ2v) is 4.51. The number of aromatic nitrogens is 4. The molecule has 3 N–H and O–H groups in total. The molecule has 0 bridgehead atoms. The summed E-state index contributed by atoms with van der Waals surface area (Å²) in [5.74, 6) is 1.57. The van der Waals surface area contributed by atoms with Crippen molar-refractivity contribution in [1.82, 2.24) is 25.3 Å². The number of nitrogens with zero attached hydrogens (tertiary/aromatic N) is 2. The minimum atomic E-state index is -0.0122. The second kappa shape index (κ2) is 5.56. The van der Waals surface area contributed by atoms with Crippen LogP contribution in [0.3, 0.4) is 0 Å². The summed E-state index contributed by atoms with van der Waals surface area (Å²) < 4.78 is 0. The molecular weight excluding hydrogens is 254 g/mol. The first-order valence-electron chi connectivity index (χ1n) is 6.50. The maximum atomic E-state index is 11.7. The number of carbonyl (C=O) groups is 1. The third-order valence-corrected chi connectivity index (χ3v) is 3.04. The van der Waals surface area contributed by atoms with Gasteiger partial charge in [-0.05, 0) is 12.1 Å². The van der Waals surface area contributed by atoms with Crippen molar-refractivity contribution in [3.05, 3.63) is 48.3 Å². The number of benzene rings is 1. The van der Waals surface area contributed by atoms with Crippen LogP contribution in [0.1, 0.15) is 18.1 Å². The topological polar surface area (TPSA) is 86.5 Å². The van der Waals surface area contributed by atoms with Crippen LogP contribution in [0.15, 0.2) is 36.7 Å². The molecule has 0 saturated heterocycles. The van der Waals surface area contributed by atoms with Crippen molar-refractivity contribution >= 4 is 16.9 Å². The molecule has 20 heavy (non-hydrogen) atoms. The highest BCUT2D eigenvalue weighted by atomic mass is 16.1. The third kappa shape index (κ3) is 2.85. The molecular formula is C14H15N5O. The quantitative estimate of drug-likeness (QED) is 0.656. The van der Waals surface area contributed by atoms with Crippen molar-refractivity contribution < 1.29 is 4.79 Å². The van der Waals surface area contributed by atoms with Crippen LogP contribution in [-0.4, -0.2) is 25.8 Å². The highest BCUT2D eigenvalue weighted by molar-refractivity contribution is 5.77. The van der Waals surface area contributed by atoms with Gasteiger partial charge < -0.3 is 15.3 Å². The summed E-state index contributed by atoms with van der Waals surface area (Å²) in [6, 6.07) is 7.83. The van der Waals surface area contributed by atoms with Crippen LogP contribution in [0.4, 0.5) is 0 Å². The second-order valence-electron chi connectivity index (χ2n) is 4.51. The molecule has 3 aromatic rings. The fourth-order valence-corrected chi connectivity index (χ4v) is 2.02. The third-order valence-electron chi connectivity index (χ3n) is 3.04. The largest absolute Gasteiger partial charge is 0.349 e. The van der Waals surface area contributed by atoms with E-state index in [0.29, 0.717) is 19.4 Å². The van der Waals surface area contributed by atoms with Gasteiger partial charge in [0.15, 0.2) is 0 Å². The van der Waals surface area contributed by atoms with Gasteiger partial charge in [-0.15, -0.1) is 0 Å². The smallest absolute Gasteiger partial charge is 0.220 e. The van der Waals surface area contributed by atoms with E-state index in [9.17, 15) is 4.79 Å². The van der Waals surface area contributed by atoms with Gasteiger partial charge in [0.2, 0.25) is 5.91 Å². The van der Waals surface area contributed by atoms with E-state index in [1.807, 2.05) is 24.3 Å². The van der Waals surface area contributed by atoms with E-state index in [1.54, 1.807) is 12.4 Å². The van der Waals surface area contributed by atoms with Gasteiger partial charge in [0.25, 0.3) is 0 Å². The minimum absolute atomic E-state index is 0.0122. The number of imidazole rings is 2. The zero-order valence-corrected chi connectivity index (χ0v) is 10.9. The molecule has 6 heteroatoms. The molecule has 2 aromatic heterocycles. The number of para-hydroxylation sites is 2. The first-order valence-corrected chi connectivity index (χ1v) is 6.50. The predicted octanol–water partition coefficient (Wildman–Crippen LogP) is 1.53. The fourth-order valence-electron chi connectivity index (χ4n) is 2.02. The summed E-state index contributed by atoms with van der Waals surface area (Å²) in [4.78, 5) is 26.4. The zero-order chi connectivity index (χ0) is 13.8. The molecule has 2 heterocycles. The Morgan fingerprint density at radius 1 is 1.25 bits per heavy atom. The van der Waals surface area contributed by atoms with E-state index in [1.165, 1.54) is 0 Å². The Morgan fingerprint density at radius 2 is 2.15 bits per heavy atom. The Hall–Kier alpha value is -2.63. The Kier molecular flexibility index (Phi) is 3.45. The van der Waals surface area contributed by atoms with Crippen molar-refractivity contribution in [1.29, 1.82) is 0 Å². The summed E-state index contributed by atoms with van der Waals surface area (Å²) >= 11 is 0. The van der Waals surface area contributed by atoms with E-state index in [0.717, 1.165) is 22.7 Å². The SMILES string of the molecule is O=C(CCc1nc2ccccc2[nH]1)NCc1ncc[nH]1. The van der Waals surface area contributed by atoms with Crippen LogP contribution in [-0.2, 0) is 17.8 Å². The van der Waals surface area contributed by atoms with E-state index in [-0.39, 0.29) is 5.91 Å². The Morgan fingerprint density at radius 3 is 2.95 bits per heavy atom. The van der Waals surface area contributed by atoms with Crippen LogP contribution in [0, 0.1) is 0 Å². The van der Waals surface area contributed by atoms with Crippen molar-refractivity contribution in [2.24, 2.45) is 0 Å². The number of fused-ring (bicyclic) bond motifs is 1. The van der Waals surface area contributed by atoms with Gasteiger partial charge in [-0.2, -0.15) is 0 Å². The molecule has 102 valence electrons. The highest BCUT2D eigenvalue weighted by Gasteiger charge is 2.06. The van der Waals surface area contributed by atoms with Gasteiger partial charge in [-0.3, -0.25) is 4.79 Å². The maximum Gasteiger partial charge on any atom is 0.220 e. The number of carbonyl (C=O) groups excluding carboxylic acids is 1. The van der Waals surface area contributed by atoms with Crippen molar-refractivity contribution in [3.8, 4) is 0 Å². The number of hydrogen-bond donors (Lipinski definition) is 3. The molecule has 0 aliphatic rings. The summed E-state index contributed by atoms with van der Waals surface area (Å²) in [7, 11) is 0. The molecule has 1 amide bonds. The van der Waals surface area contributed by atoms with Crippen LogP contribution in [0.5, 0.6) is 0 Å². The molecule has 3 rings (SSSR count). The summed E-state index contributed by atoms with van der Waals surface area (Å²) in [5.41, 5.74) is 1.93. The highest BCUT2D eigenvalue weighted by Crippen LogP contribution is 2.11. The molecule has 0 aliphatic carbocycles. The predicted molar refractivity (Wildman–Crippen MR) is 74.8 cm³/mol. The summed E-state index contributed by atoms with van der Waals surface area (Å²) in [5, 5.41) is 2.81.